The van der Waals surface area contributed by atoms with Crippen LogP contribution in [0.15, 0.2) is 54.9 Å². The summed E-state index contributed by atoms with van der Waals surface area (Å²) >= 11 is 0. The van der Waals surface area contributed by atoms with Gasteiger partial charge in [-0.1, -0.05) is 42.5 Å². The Labute approximate surface area is 154 Å². The van der Waals surface area contributed by atoms with Crippen LogP contribution in [0, 0.1) is 6.92 Å². The van der Waals surface area contributed by atoms with Gasteiger partial charge in [-0.3, -0.25) is 4.79 Å². The van der Waals surface area contributed by atoms with E-state index < -0.39 is 0 Å². The van der Waals surface area contributed by atoms with E-state index in [2.05, 4.69) is 49.2 Å². The predicted octanol–water partition coefficient (Wildman–Crippen LogP) is 3.94. The number of hydrogen-bond donors (Lipinski definition) is 1. The minimum absolute atomic E-state index is 0.118. The molecule has 1 heterocycles. The van der Waals surface area contributed by atoms with Gasteiger partial charge in [-0.25, -0.2) is 9.67 Å². The van der Waals surface area contributed by atoms with Crippen LogP contribution in [0.5, 0.6) is 0 Å². The van der Waals surface area contributed by atoms with E-state index in [0.29, 0.717) is 12.1 Å². The smallest absolute Gasteiger partial charge is 0.252 e. The molecule has 5 nitrogen and oxygen atoms in total. The molecule has 0 aliphatic heterocycles. The number of hydrogen-bond acceptors (Lipinski definition) is 3. The first-order chi connectivity index (χ1) is 12.4. The Morgan fingerprint density at radius 2 is 1.69 bits per heavy atom. The van der Waals surface area contributed by atoms with Crippen molar-refractivity contribution in [1.29, 1.82) is 0 Å². The van der Waals surface area contributed by atoms with Crippen molar-refractivity contribution >= 4 is 5.91 Å². The van der Waals surface area contributed by atoms with Crippen LogP contribution in [-0.4, -0.2) is 20.7 Å². The van der Waals surface area contributed by atoms with E-state index in [0.717, 1.165) is 22.5 Å². The standard InChI is InChI=1S/C21H24N4O/c1-15-9-5-6-10-16(15)17-11-7-8-12-18(17)20(26)22-13-19-23-14-24-25(19)21(2,3)4/h5-12,14H,13H2,1-4H3,(H,22,26). The zero-order valence-electron chi connectivity index (χ0n) is 15.7. The Morgan fingerprint density at radius 1 is 1.04 bits per heavy atom. The topological polar surface area (TPSA) is 59.8 Å². The highest BCUT2D eigenvalue weighted by Gasteiger charge is 2.19. The minimum Gasteiger partial charge on any atom is -0.345 e. The van der Waals surface area contributed by atoms with Crippen LogP contribution in [0.25, 0.3) is 11.1 Å². The van der Waals surface area contributed by atoms with Gasteiger partial charge in [0.2, 0.25) is 0 Å². The lowest BCUT2D eigenvalue weighted by atomic mass is 9.96. The van der Waals surface area contributed by atoms with Crippen LogP contribution in [0.3, 0.4) is 0 Å². The normalized spacial score (nSPS) is 11.4. The predicted molar refractivity (Wildman–Crippen MR) is 103 cm³/mol. The third-order valence-corrected chi connectivity index (χ3v) is 4.27. The Balaban J connectivity index is 1.84. The van der Waals surface area contributed by atoms with Gasteiger partial charge in [0.1, 0.15) is 12.2 Å². The van der Waals surface area contributed by atoms with Gasteiger partial charge < -0.3 is 5.32 Å². The number of aryl methyl sites for hydroxylation is 1. The summed E-state index contributed by atoms with van der Waals surface area (Å²) in [6.07, 6.45) is 1.52. The van der Waals surface area contributed by atoms with E-state index in [1.54, 1.807) is 0 Å². The van der Waals surface area contributed by atoms with Crippen molar-refractivity contribution in [2.75, 3.05) is 0 Å². The van der Waals surface area contributed by atoms with Gasteiger partial charge in [0.15, 0.2) is 0 Å². The molecule has 5 heteroatoms. The molecule has 3 rings (SSSR count). The lowest BCUT2D eigenvalue weighted by Crippen LogP contribution is -2.30. The van der Waals surface area contributed by atoms with Crippen molar-refractivity contribution in [3.05, 3.63) is 71.8 Å². The third kappa shape index (κ3) is 3.67. The number of benzene rings is 2. The fourth-order valence-corrected chi connectivity index (χ4v) is 2.99. The highest BCUT2D eigenvalue weighted by molar-refractivity contribution is 6.01. The minimum atomic E-state index is -0.185. The molecule has 0 bridgehead atoms. The van der Waals surface area contributed by atoms with E-state index in [9.17, 15) is 4.79 Å². The molecule has 0 atom stereocenters. The lowest BCUT2D eigenvalue weighted by molar-refractivity contribution is 0.0949. The number of aromatic nitrogens is 3. The highest BCUT2D eigenvalue weighted by Crippen LogP contribution is 2.26. The molecule has 0 spiro atoms. The second-order valence-electron chi connectivity index (χ2n) is 7.30. The van der Waals surface area contributed by atoms with Crippen molar-refractivity contribution in [3.8, 4) is 11.1 Å². The molecule has 0 radical (unpaired) electrons. The van der Waals surface area contributed by atoms with E-state index in [1.165, 1.54) is 6.33 Å². The van der Waals surface area contributed by atoms with Gasteiger partial charge in [-0.2, -0.15) is 5.10 Å². The Morgan fingerprint density at radius 3 is 2.38 bits per heavy atom. The molecule has 0 saturated carbocycles. The molecule has 3 aromatic rings. The largest absolute Gasteiger partial charge is 0.345 e. The molecular weight excluding hydrogens is 324 g/mol. The number of rotatable bonds is 4. The van der Waals surface area contributed by atoms with Gasteiger partial charge in [-0.05, 0) is 50.5 Å². The summed E-state index contributed by atoms with van der Waals surface area (Å²) in [6, 6.07) is 15.8. The maximum Gasteiger partial charge on any atom is 0.252 e. The van der Waals surface area contributed by atoms with Gasteiger partial charge in [0.25, 0.3) is 5.91 Å². The van der Waals surface area contributed by atoms with Crippen LogP contribution in [0.4, 0.5) is 0 Å². The second kappa shape index (κ2) is 7.12. The molecule has 0 unspecified atom stereocenters. The average Bonchev–Trinajstić information content (AvgIpc) is 3.09. The summed E-state index contributed by atoms with van der Waals surface area (Å²) in [6.45, 7) is 8.55. The summed E-state index contributed by atoms with van der Waals surface area (Å²) in [5.41, 5.74) is 3.61. The van der Waals surface area contributed by atoms with Crippen LogP contribution < -0.4 is 5.32 Å². The molecule has 134 valence electrons. The molecule has 0 aliphatic carbocycles. The summed E-state index contributed by atoms with van der Waals surface area (Å²) in [5.74, 6) is 0.617. The summed E-state index contributed by atoms with van der Waals surface area (Å²) in [7, 11) is 0. The first-order valence-corrected chi connectivity index (χ1v) is 8.70. The quantitative estimate of drug-likeness (QED) is 0.777. The first-order valence-electron chi connectivity index (χ1n) is 8.70. The number of nitrogens with one attached hydrogen (secondary N) is 1. The maximum absolute atomic E-state index is 12.8. The van der Waals surface area contributed by atoms with E-state index in [1.807, 2.05) is 47.1 Å². The zero-order valence-corrected chi connectivity index (χ0v) is 15.7. The van der Waals surface area contributed by atoms with E-state index in [4.69, 9.17) is 0 Å². The number of carbonyl (C=O) groups excluding carboxylic acids is 1. The molecule has 1 aromatic heterocycles. The van der Waals surface area contributed by atoms with E-state index in [-0.39, 0.29) is 11.4 Å². The van der Waals surface area contributed by atoms with Crippen molar-refractivity contribution < 1.29 is 4.79 Å². The van der Waals surface area contributed by atoms with Gasteiger partial charge in [0, 0.05) is 5.56 Å². The molecule has 1 amide bonds. The molecule has 2 aromatic carbocycles. The molecule has 26 heavy (non-hydrogen) atoms. The first kappa shape index (κ1) is 17.9. The van der Waals surface area contributed by atoms with Crippen LogP contribution >= 0.6 is 0 Å². The number of carbonyl (C=O) groups is 1. The summed E-state index contributed by atoms with van der Waals surface area (Å²) < 4.78 is 1.83. The van der Waals surface area contributed by atoms with Crippen LogP contribution in [-0.2, 0) is 12.1 Å². The molecule has 0 aliphatic rings. The number of amides is 1. The molecule has 0 saturated heterocycles. The fourth-order valence-electron chi connectivity index (χ4n) is 2.99. The molecular formula is C21H24N4O. The fraction of sp³-hybridized carbons (Fsp3) is 0.286. The second-order valence-corrected chi connectivity index (χ2v) is 7.30. The van der Waals surface area contributed by atoms with Gasteiger partial charge >= 0.3 is 0 Å². The summed E-state index contributed by atoms with van der Waals surface area (Å²) in [4.78, 5) is 17.1. The summed E-state index contributed by atoms with van der Waals surface area (Å²) in [5, 5.41) is 7.25. The molecule has 0 fully saturated rings. The Kier molecular flexibility index (Phi) is 4.89. The van der Waals surface area contributed by atoms with Crippen molar-refractivity contribution in [2.24, 2.45) is 0 Å². The van der Waals surface area contributed by atoms with E-state index >= 15 is 0 Å². The average molecular weight is 348 g/mol. The van der Waals surface area contributed by atoms with Crippen molar-refractivity contribution in [3.63, 3.8) is 0 Å². The maximum atomic E-state index is 12.8. The lowest BCUT2D eigenvalue weighted by Gasteiger charge is -2.21. The van der Waals surface area contributed by atoms with Crippen LogP contribution in [0.2, 0.25) is 0 Å². The van der Waals surface area contributed by atoms with Crippen molar-refractivity contribution in [1.82, 2.24) is 20.1 Å². The van der Waals surface area contributed by atoms with Crippen molar-refractivity contribution in [2.45, 2.75) is 39.8 Å². The third-order valence-electron chi connectivity index (χ3n) is 4.27. The number of nitrogens with zero attached hydrogens (tertiary/aromatic N) is 3. The highest BCUT2D eigenvalue weighted by atomic mass is 16.1. The van der Waals surface area contributed by atoms with Crippen LogP contribution in [0.1, 0.15) is 42.5 Å². The monoisotopic (exact) mass is 348 g/mol. The zero-order chi connectivity index (χ0) is 18.7. The van der Waals surface area contributed by atoms with Gasteiger partial charge in [0.05, 0.1) is 12.1 Å². The SMILES string of the molecule is Cc1ccccc1-c1ccccc1C(=O)NCc1ncnn1C(C)(C)C. The van der Waals surface area contributed by atoms with Gasteiger partial charge in [-0.15, -0.1) is 0 Å². The molecule has 1 N–H and O–H groups in total. The Bertz CT molecular complexity index is 922. The Hall–Kier alpha value is -2.95.